The molecule has 138 valence electrons. The molecule has 3 heterocycles. The number of aryl methyl sites for hydroxylation is 1. The van der Waals surface area contributed by atoms with Crippen molar-refractivity contribution in [2.24, 2.45) is 5.92 Å². The molecule has 0 aromatic carbocycles. The second kappa shape index (κ2) is 8.55. The van der Waals surface area contributed by atoms with Crippen LogP contribution < -0.4 is 5.32 Å². The van der Waals surface area contributed by atoms with E-state index in [1.54, 1.807) is 35.8 Å². The number of hydrogen-bond acceptors (Lipinski definition) is 5. The smallest absolute Gasteiger partial charge is 0.253 e. The van der Waals surface area contributed by atoms with Crippen LogP contribution >= 0.6 is 0 Å². The Kier molecular flexibility index (Phi) is 5.93. The summed E-state index contributed by atoms with van der Waals surface area (Å²) in [5.74, 6) is 0.718. The fraction of sp³-hybridized carbons (Fsp3) is 0.500. The number of nitrogens with one attached hydrogen (secondary N) is 1. The number of rotatable bonds is 6. The second-order valence-corrected chi connectivity index (χ2v) is 6.46. The highest BCUT2D eigenvalue weighted by molar-refractivity contribution is 5.94. The minimum absolute atomic E-state index is 0.000995. The van der Waals surface area contributed by atoms with Crippen molar-refractivity contribution in [1.82, 2.24) is 30.0 Å². The Labute approximate surface area is 152 Å². The van der Waals surface area contributed by atoms with Crippen molar-refractivity contribution in [3.63, 3.8) is 0 Å². The van der Waals surface area contributed by atoms with Gasteiger partial charge in [0.25, 0.3) is 5.91 Å². The van der Waals surface area contributed by atoms with Gasteiger partial charge >= 0.3 is 0 Å². The molecule has 0 radical (unpaired) electrons. The van der Waals surface area contributed by atoms with E-state index >= 15 is 0 Å². The van der Waals surface area contributed by atoms with Crippen LogP contribution in [0.25, 0.3) is 0 Å². The lowest BCUT2D eigenvalue weighted by molar-refractivity contribution is -0.126. The zero-order valence-corrected chi connectivity index (χ0v) is 15.0. The van der Waals surface area contributed by atoms with Crippen LogP contribution in [-0.2, 0) is 17.9 Å². The van der Waals surface area contributed by atoms with Crippen LogP contribution in [0.1, 0.15) is 42.4 Å². The summed E-state index contributed by atoms with van der Waals surface area (Å²) in [5, 5.41) is 10.9. The summed E-state index contributed by atoms with van der Waals surface area (Å²) in [5.41, 5.74) is 0.637. The zero-order valence-electron chi connectivity index (χ0n) is 15.0. The third-order valence-corrected chi connectivity index (χ3v) is 4.66. The molecule has 3 rings (SSSR count). The lowest BCUT2D eigenvalue weighted by atomic mass is 9.95. The molecule has 1 N–H and O–H groups in total. The van der Waals surface area contributed by atoms with Crippen molar-refractivity contribution in [3.05, 3.63) is 42.2 Å². The number of likely N-dealkylation sites (tertiary alicyclic amines) is 1. The normalized spacial score (nSPS) is 15.0. The topological polar surface area (TPSA) is 93.0 Å². The minimum atomic E-state index is -0.0703. The van der Waals surface area contributed by atoms with Gasteiger partial charge in [0.1, 0.15) is 6.33 Å². The number of pyridine rings is 1. The largest absolute Gasteiger partial charge is 0.349 e. The molecule has 1 aliphatic heterocycles. The van der Waals surface area contributed by atoms with Gasteiger partial charge in [0.05, 0.1) is 6.54 Å². The second-order valence-electron chi connectivity index (χ2n) is 6.46. The van der Waals surface area contributed by atoms with E-state index in [0.29, 0.717) is 38.0 Å². The van der Waals surface area contributed by atoms with Gasteiger partial charge in [0.2, 0.25) is 5.91 Å². The average Bonchev–Trinajstić information content (AvgIpc) is 3.14. The molecule has 0 bridgehead atoms. The number of aromatic nitrogens is 4. The molecule has 0 saturated carbocycles. The highest BCUT2D eigenvalue weighted by Crippen LogP contribution is 2.19. The zero-order chi connectivity index (χ0) is 18.4. The summed E-state index contributed by atoms with van der Waals surface area (Å²) in [7, 11) is 0. The summed E-state index contributed by atoms with van der Waals surface area (Å²) in [6.07, 6.45) is 7.25. The van der Waals surface area contributed by atoms with Crippen LogP contribution in [0.4, 0.5) is 0 Å². The lowest BCUT2D eigenvalue weighted by Crippen LogP contribution is -2.43. The number of amides is 2. The Morgan fingerprint density at radius 1 is 1.23 bits per heavy atom. The molecule has 1 aliphatic rings. The highest BCUT2D eigenvalue weighted by atomic mass is 16.2. The Hall–Kier alpha value is -2.77. The van der Waals surface area contributed by atoms with Gasteiger partial charge in [-0.15, -0.1) is 10.2 Å². The van der Waals surface area contributed by atoms with Crippen LogP contribution in [0, 0.1) is 5.92 Å². The fourth-order valence-corrected chi connectivity index (χ4v) is 3.18. The molecule has 1 saturated heterocycles. The highest BCUT2D eigenvalue weighted by Gasteiger charge is 2.27. The number of carbonyl (C=O) groups is 2. The van der Waals surface area contributed by atoms with Crippen molar-refractivity contribution < 1.29 is 9.59 Å². The summed E-state index contributed by atoms with van der Waals surface area (Å²) in [4.78, 5) is 30.6. The first kappa shape index (κ1) is 18.0. The number of carbonyl (C=O) groups excluding carboxylic acids is 2. The van der Waals surface area contributed by atoms with Crippen molar-refractivity contribution in [1.29, 1.82) is 0 Å². The molecule has 8 nitrogen and oxygen atoms in total. The summed E-state index contributed by atoms with van der Waals surface area (Å²) in [6.45, 7) is 4.49. The molecule has 0 spiro atoms. The van der Waals surface area contributed by atoms with Crippen LogP contribution in [0.5, 0.6) is 0 Å². The van der Waals surface area contributed by atoms with Gasteiger partial charge < -0.3 is 14.8 Å². The molecule has 2 amide bonds. The van der Waals surface area contributed by atoms with Gasteiger partial charge in [-0.25, -0.2) is 0 Å². The molecular weight excluding hydrogens is 332 g/mol. The summed E-state index contributed by atoms with van der Waals surface area (Å²) >= 11 is 0. The molecule has 1 fully saturated rings. The maximum absolute atomic E-state index is 12.4. The molecule has 26 heavy (non-hydrogen) atoms. The number of piperidine rings is 1. The Morgan fingerprint density at radius 3 is 2.65 bits per heavy atom. The van der Waals surface area contributed by atoms with Crippen LogP contribution in [-0.4, -0.2) is 49.6 Å². The van der Waals surface area contributed by atoms with E-state index in [0.717, 1.165) is 18.8 Å². The molecule has 0 unspecified atom stereocenters. The van der Waals surface area contributed by atoms with Crippen LogP contribution in [0.3, 0.4) is 0 Å². The molecular formula is C18H24N6O2. The van der Waals surface area contributed by atoms with Gasteiger partial charge in [-0.2, -0.15) is 0 Å². The summed E-state index contributed by atoms with van der Waals surface area (Å²) in [6, 6.07) is 3.43. The van der Waals surface area contributed by atoms with Gasteiger partial charge in [-0.1, -0.05) is 6.92 Å². The van der Waals surface area contributed by atoms with E-state index in [9.17, 15) is 9.59 Å². The lowest BCUT2D eigenvalue weighted by Gasteiger charge is -2.31. The summed E-state index contributed by atoms with van der Waals surface area (Å²) < 4.78 is 1.95. The van der Waals surface area contributed by atoms with Gasteiger partial charge in [-0.05, 0) is 31.4 Å². The first-order valence-corrected chi connectivity index (χ1v) is 9.02. The molecule has 0 atom stereocenters. The quantitative estimate of drug-likeness (QED) is 0.841. The van der Waals surface area contributed by atoms with Crippen molar-refractivity contribution in [2.75, 3.05) is 13.1 Å². The van der Waals surface area contributed by atoms with Crippen molar-refractivity contribution in [3.8, 4) is 0 Å². The molecule has 2 aromatic rings. The SMILES string of the molecule is CCCn1cnnc1CNC(=O)C1CCN(C(=O)c2ccncc2)CC1. The predicted molar refractivity (Wildman–Crippen MR) is 95.0 cm³/mol. The Bertz CT molecular complexity index is 737. The third-order valence-electron chi connectivity index (χ3n) is 4.66. The van der Waals surface area contributed by atoms with Crippen LogP contribution in [0.15, 0.2) is 30.9 Å². The van der Waals surface area contributed by atoms with E-state index < -0.39 is 0 Å². The van der Waals surface area contributed by atoms with E-state index in [1.165, 1.54) is 0 Å². The predicted octanol–water partition coefficient (Wildman–Crippen LogP) is 1.25. The fourth-order valence-electron chi connectivity index (χ4n) is 3.18. The van der Waals surface area contributed by atoms with E-state index in [4.69, 9.17) is 0 Å². The molecule has 0 aliphatic carbocycles. The van der Waals surface area contributed by atoms with Gasteiger partial charge in [0.15, 0.2) is 5.82 Å². The maximum atomic E-state index is 12.4. The van der Waals surface area contributed by atoms with Crippen molar-refractivity contribution >= 4 is 11.8 Å². The van der Waals surface area contributed by atoms with Crippen molar-refractivity contribution in [2.45, 2.75) is 39.3 Å². The first-order valence-electron chi connectivity index (χ1n) is 9.02. The maximum Gasteiger partial charge on any atom is 0.253 e. The van der Waals surface area contributed by atoms with E-state index in [1.807, 2.05) is 4.57 Å². The molecule has 2 aromatic heterocycles. The Morgan fingerprint density at radius 2 is 1.96 bits per heavy atom. The average molecular weight is 356 g/mol. The molecule has 8 heteroatoms. The van der Waals surface area contributed by atoms with Crippen LogP contribution in [0.2, 0.25) is 0 Å². The Balaban J connectivity index is 1.47. The third kappa shape index (κ3) is 4.25. The van der Waals surface area contributed by atoms with Gasteiger partial charge in [0, 0.05) is 43.5 Å². The standard InChI is InChI=1S/C18H24N6O2/c1-2-9-24-13-21-22-16(24)12-20-17(25)14-5-10-23(11-6-14)18(26)15-3-7-19-8-4-15/h3-4,7-8,13-14H,2,5-6,9-12H2,1H3,(H,20,25). The van der Waals surface area contributed by atoms with Gasteiger partial charge in [-0.3, -0.25) is 14.6 Å². The monoisotopic (exact) mass is 356 g/mol. The first-order chi connectivity index (χ1) is 12.7. The number of nitrogens with zero attached hydrogens (tertiary/aromatic N) is 5. The minimum Gasteiger partial charge on any atom is -0.349 e. The number of hydrogen-bond donors (Lipinski definition) is 1. The van der Waals surface area contributed by atoms with E-state index in [-0.39, 0.29) is 17.7 Å². The van der Waals surface area contributed by atoms with E-state index in [2.05, 4.69) is 27.4 Å².